The number of benzene rings is 7. The van der Waals surface area contributed by atoms with E-state index < -0.39 is 0 Å². The van der Waals surface area contributed by atoms with E-state index in [-0.39, 0.29) is 29.6 Å². The van der Waals surface area contributed by atoms with E-state index in [4.69, 9.17) is 15.2 Å². The number of rotatable bonds is 9. The Morgan fingerprint density at radius 3 is 1.93 bits per heavy atom. The molecule has 5 heteroatoms. The summed E-state index contributed by atoms with van der Waals surface area (Å²) >= 11 is 0. The van der Waals surface area contributed by atoms with E-state index in [9.17, 15) is 0 Å². The average molecular weight is 731 g/mol. The molecular formula is C51H42N4O. The van der Waals surface area contributed by atoms with Crippen molar-refractivity contribution in [3.8, 4) is 39.6 Å². The van der Waals surface area contributed by atoms with Crippen LogP contribution < -0.4 is 15.4 Å². The highest BCUT2D eigenvalue weighted by Gasteiger charge is 2.19. The maximum absolute atomic E-state index is 8.97. The lowest BCUT2D eigenvalue weighted by Gasteiger charge is -2.20. The predicted octanol–water partition coefficient (Wildman–Crippen LogP) is 14.1. The standard InChI is InChI=1S/C51H42N4O/c1-51(2,3)37-30-31-52-49(32-37)55-47-27-13-10-22-43(47)44-29-28-40(34-48(44)55)56-39-21-14-20-38(33-39)53-45-25-11-12-26-46(45)54-50-41(35-16-6-4-7-17-35)23-15-24-42(50)36-18-8-5-9-19-36/h4-34,53-54H,1-3H3/i10D,13D,22D,27D. The molecule has 56 heavy (non-hydrogen) atoms. The number of anilines is 4. The molecule has 7 aromatic carbocycles. The summed E-state index contributed by atoms with van der Waals surface area (Å²) in [6.45, 7) is 6.38. The van der Waals surface area contributed by atoms with Gasteiger partial charge in [-0.2, -0.15) is 0 Å². The average Bonchev–Trinajstić information content (AvgIpc) is 3.61. The van der Waals surface area contributed by atoms with Crippen LogP contribution in [0.2, 0.25) is 0 Å². The molecule has 0 aliphatic rings. The van der Waals surface area contributed by atoms with Gasteiger partial charge in [-0.1, -0.05) is 136 Å². The zero-order valence-corrected chi connectivity index (χ0v) is 31.4. The summed E-state index contributed by atoms with van der Waals surface area (Å²) in [6.07, 6.45) is 1.75. The second-order valence-electron chi connectivity index (χ2n) is 14.8. The minimum atomic E-state index is -0.293. The first-order valence-electron chi connectivity index (χ1n) is 20.7. The van der Waals surface area contributed by atoms with E-state index in [2.05, 4.69) is 104 Å². The van der Waals surface area contributed by atoms with Crippen LogP contribution in [0, 0.1) is 0 Å². The van der Waals surface area contributed by atoms with Gasteiger partial charge in [-0.3, -0.25) is 4.57 Å². The van der Waals surface area contributed by atoms with Crippen LogP contribution in [-0.4, -0.2) is 9.55 Å². The van der Waals surface area contributed by atoms with Crippen molar-refractivity contribution >= 4 is 44.6 Å². The first-order valence-corrected chi connectivity index (χ1v) is 18.7. The molecule has 5 nitrogen and oxygen atoms in total. The maximum Gasteiger partial charge on any atom is 0.137 e. The minimum Gasteiger partial charge on any atom is -0.457 e. The molecule has 2 heterocycles. The number of para-hydroxylation sites is 4. The van der Waals surface area contributed by atoms with Crippen LogP contribution in [0.5, 0.6) is 11.5 Å². The summed E-state index contributed by atoms with van der Waals surface area (Å²) in [6, 6.07) is 51.9. The van der Waals surface area contributed by atoms with Gasteiger partial charge in [0.25, 0.3) is 0 Å². The van der Waals surface area contributed by atoms with E-state index in [1.807, 2.05) is 89.5 Å². The summed E-state index contributed by atoms with van der Waals surface area (Å²) in [5.41, 5.74) is 9.93. The molecule has 0 saturated carbocycles. The molecule has 0 fully saturated rings. The Morgan fingerprint density at radius 1 is 0.571 bits per heavy atom. The van der Waals surface area contributed by atoms with Crippen molar-refractivity contribution in [2.24, 2.45) is 0 Å². The molecule has 0 saturated heterocycles. The van der Waals surface area contributed by atoms with Crippen LogP contribution in [0.4, 0.5) is 22.7 Å². The molecule has 9 aromatic rings. The fourth-order valence-corrected chi connectivity index (χ4v) is 7.17. The fraction of sp³-hybridized carbons (Fsp3) is 0.0784. The van der Waals surface area contributed by atoms with Crippen LogP contribution in [0.25, 0.3) is 49.9 Å². The Balaban J connectivity index is 1.07. The van der Waals surface area contributed by atoms with Gasteiger partial charge in [-0.15, -0.1) is 0 Å². The van der Waals surface area contributed by atoms with Crippen LogP contribution in [0.1, 0.15) is 31.8 Å². The lowest BCUT2D eigenvalue weighted by atomic mass is 9.88. The SMILES string of the molecule is [2H]c1c([2H])c([2H])c2c(c1[2H])c1ccc(Oc3cccc(Nc4ccccc4Nc4c(-c5ccccc5)cccc4-c4ccccc4)c3)cc1n2-c1cc(C(C)(C)C)ccn1. The van der Waals surface area contributed by atoms with Gasteiger partial charge in [0.2, 0.25) is 0 Å². The van der Waals surface area contributed by atoms with E-state index >= 15 is 0 Å². The van der Waals surface area contributed by atoms with Crippen molar-refractivity contribution in [3.05, 3.63) is 194 Å². The molecular weight excluding hydrogens is 685 g/mol. The molecule has 2 aromatic heterocycles. The number of nitrogens with zero attached hydrogens (tertiary/aromatic N) is 2. The molecule has 9 rings (SSSR count). The molecule has 0 bridgehead atoms. The summed E-state index contributed by atoms with van der Waals surface area (Å²) < 4.78 is 43.2. The summed E-state index contributed by atoms with van der Waals surface area (Å²) in [7, 11) is 0. The van der Waals surface area contributed by atoms with E-state index in [1.165, 1.54) is 0 Å². The first-order chi connectivity index (χ1) is 29.0. The fourth-order valence-electron chi connectivity index (χ4n) is 7.17. The van der Waals surface area contributed by atoms with Gasteiger partial charge >= 0.3 is 0 Å². The van der Waals surface area contributed by atoms with Crippen LogP contribution in [0.3, 0.4) is 0 Å². The van der Waals surface area contributed by atoms with Crippen LogP contribution in [-0.2, 0) is 5.41 Å². The highest BCUT2D eigenvalue weighted by Crippen LogP contribution is 2.41. The Morgan fingerprint density at radius 2 is 1.21 bits per heavy atom. The van der Waals surface area contributed by atoms with Crippen molar-refractivity contribution in [3.63, 3.8) is 0 Å². The van der Waals surface area contributed by atoms with Crippen LogP contribution >= 0.6 is 0 Å². The minimum absolute atomic E-state index is 0.0937. The van der Waals surface area contributed by atoms with Crippen molar-refractivity contribution in [1.29, 1.82) is 0 Å². The smallest absolute Gasteiger partial charge is 0.137 e. The Hall–Kier alpha value is -7.11. The highest BCUT2D eigenvalue weighted by atomic mass is 16.5. The highest BCUT2D eigenvalue weighted by molar-refractivity contribution is 6.09. The lowest BCUT2D eigenvalue weighted by molar-refractivity contribution is 0.483. The van der Waals surface area contributed by atoms with Gasteiger partial charge < -0.3 is 15.4 Å². The Labute approximate surface area is 333 Å². The molecule has 272 valence electrons. The number of fused-ring (bicyclic) bond motifs is 3. The number of nitrogens with one attached hydrogen (secondary N) is 2. The van der Waals surface area contributed by atoms with Gasteiger partial charge in [-0.25, -0.2) is 4.98 Å². The predicted molar refractivity (Wildman–Crippen MR) is 234 cm³/mol. The quantitative estimate of drug-likeness (QED) is 0.155. The van der Waals surface area contributed by atoms with E-state index in [0.29, 0.717) is 39.1 Å². The summed E-state index contributed by atoms with van der Waals surface area (Å²) in [5.74, 6) is 1.70. The number of hydrogen-bond acceptors (Lipinski definition) is 4. The molecule has 0 atom stereocenters. The number of aromatic nitrogens is 2. The second-order valence-corrected chi connectivity index (χ2v) is 14.8. The third-order valence-corrected chi connectivity index (χ3v) is 9.98. The number of ether oxygens (including phenoxy) is 1. The lowest BCUT2D eigenvalue weighted by Crippen LogP contribution is -2.12. The topological polar surface area (TPSA) is 51.1 Å². The molecule has 0 aliphatic carbocycles. The van der Waals surface area contributed by atoms with Crippen molar-refractivity contribution in [2.75, 3.05) is 10.6 Å². The Kier molecular flexibility index (Phi) is 7.89. The Bertz CT molecular complexity index is 2990. The molecule has 0 amide bonds. The zero-order chi connectivity index (χ0) is 41.5. The van der Waals surface area contributed by atoms with E-state index in [1.54, 1.807) is 6.20 Å². The third kappa shape index (κ3) is 6.87. The third-order valence-electron chi connectivity index (χ3n) is 9.98. The number of hydrogen-bond donors (Lipinski definition) is 2. The molecule has 0 aliphatic heterocycles. The summed E-state index contributed by atoms with van der Waals surface area (Å²) in [5, 5.41) is 8.54. The molecule has 0 radical (unpaired) electrons. The van der Waals surface area contributed by atoms with Crippen LogP contribution in [0.15, 0.2) is 188 Å². The van der Waals surface area contributed by atoms with E-state index in [0.717, 1.165) is 50.6 Å². The van der Waals surface area contributed by atoms with Crippen molar-refractivity contribution in [2.45, 2.75) is 26.2 Å². The van der Waals surface area contributed by atoms with Gasteiger partial charge in [-0.05, 0) is 76.7 Å². The van der Waals surface area contributed by atoms with Crippen molar-refractivity contribution < 1.29 is 10.2 Å². The van der Waals surface area contributed by atoms with Gasteiger partial charge in [0.05, 0.1) is 33.6 Å². The first kappa shape index (κ1) is 30.2. The summed E-state index contributed by atoms with van der Waals surface area (Å²) in [4.78, 5) is 4.71. The van der Waals surface area contributed by atoms with Gasteiger partial charge in [0.1, 0.15) is 17.3 Å². The van der Waals surface area contributed by atoms with Crippen molar-refractivity contribution in [1.82, 2.24) is 9.55 Å². The zero-order valence-electron chi connectivity index (χ0n) is 35.4. The second kappa shape index (κ2) is 14.6. The maximum atomic E-state index is 8.97. The molecule has 0 unspecified atom stereocenters. The number of pyridine rings is 1. The van der Waals surface area contributed by atoms with Gasteiger partial charge in [0.15, 0.2) is 0 Å². The van der Waals surface area contributed by atoms with Gasteiger partial charge in [0, 0.05) is 45.9 Å². The molecule has 2 N–H and O–H groups in total. The largest absolute Gasteiger partial charge is 0.457 e. The normalized spacial score (nSPS) is 12.5. The monoisotopic (exact) mass is 730 g/mol. The molecule has 0 spiro atoms.